The zero-order chi connectivity index (χ0) is 14.4. The van der Waals surface area contributed by atoms with Gasteiger partial charge in [0.15, 0.2) is 0 Å². The first-order chi connectivity index (χ1) is 10.2. The van der Waals surface area contributed by atoms with Crippen molar-refractivity contribution in [2.24, 2.45) is 5.92 Å². The maximum absolute atomic E-state index is 10.2. The van der Waals surface area contributed by atoms with Crippen molar-refractivity contribution in [1.82, 2.24) is 15.0 Å². The van der Waals surface area contributed by atoms with Crippen LogP contribution >= 0.6 is 0 Å². The van der Waals surface area contributed by atoms with E-state index in [1.807, 2.05) is 18.2 Å². The Labute approximate surface area is 122 Å². The van der Waals surface area contributed by atoms with Crippen LogP contribution in [0.5, 0.6) is 0 Å². The molecule has 4 rings (SSSR count). The number of aromatic amines is 1. The summed E-state index contributed by atoms with van der Waals surface area (Å²) in [6.45, 7) is 3.65. The Hall–Kier alpha value is -2.14. The third-order valence-corrected chi connectivity index (χ3v) is 4.49. The highest BCUT2D eigenvalue weighted by atomic mass is 16.3. The second-order valence-electron chi connectivity index (χ2n) is 5.87. The molecule has 2 unspecified atom stereocenters. The quantitative estimate of drug-likeness (QED) is 0.719. The van der Waals surface area contributed by atoms with Crippen LogP contribution < -0.4 is 4.90 Å². The number of H-pyrrole nitrogens is 1. The number of fused-ring (bicyclic) bond motifs is 3. The van der Waals surface area contributed by atoms with Gasteiger partial charge in [-0.25, -0.2) is 9.97 Å². The zero-order valence-electron chi connectivity index (χ0n) is 12.0. The summed E-state index contributed by atoms with van der Waals surface area (Å²) in [5, 5.41) is 12.3. The molecule has 0 amide bonds. The molecule has 0 radical (unpaired) electrons. The third-order valence-electron chi connectivity index (χ3n) is 4.49. The lowest BCUT2D eigenvalue weighted by molar-refractivity contribution is 0.103. The molecule has 0 spiro atoms. The van der Waals surface area contributed by atoms with Crippen LogP contribution in [-0.2, 0) is 0 Å². The average molecular weight is 282 g/mol. The van der Waals surface area contributed by atoms with Gasteiger partial charge < -0.3 is 15.0 Å². The van der Waals surface area contributed by atoms with Gasteiger partial charge in [-0.2, -0.15) is 0 Å². The first-order valence-corrected chi connectivity index (χ1v) is 7.38. The normalized spacial score (nSPS) is 23.0. The van der Waals surface area contributed by atoms with E-state index < -0.39 is 0 Å². The Bertz CT molecular complexity index is 797. The number of nitrogens with one attached hydrogen (secondary N) is 1. The molecule has 3 aromatic rings. The van der Waals surface area contributed by atoms with Gasteiger partial charge in [0.05, 0.1) is 11.5 Å². The van der Waals surface area contributed by atoms with E-state index in [0.717, 1.165) is 40.7 Å². The second-order valence-corrected chi connectivity index (χ2v) is 5.87. The Kier molecular flexibility index (Phi) is 2.82. The van der Waals surface area contributed by atoms with Crippen molar-refractivity contribution in [1.29, 1.82) is 0 Å². The summed E-state index contributed by atoms with van der Waals surface area (Å²) < 4.78 is 0. The van der Waals surface area contributed by atoms with Crippen LogP contribution in [0.1, 0.15) is 13.3 Å². The van der Waals surface area contributed by atoms with E-state index in [1.54, 1.807) is 6.33 Å². The summed E-state index contributed by atoms with van der Waals surface area (Å²) in [4.78, 5) is 14.4. The van der Waals surface area contributed by atoms with Gasteiger partial charge in [0.1, 0.15) is 17.8 Å². The van der Waals surface area contributed by atoms with Crippen LogP contribution in [0.2, 0.25) is 0 Å². The number of nitrogens with zero attached hydrogens (tertiary/aromatic N) is 3. The van der Waals surface area contributed by atoms with Crippen LogP contribution in [0.4, 0.5) is 5.82 Å². The Balaban J connectivity index is 1.88. The number of hydrogen-bond acceptors (Lipinski definition) is 4. The highest BCUT2D eigenvalue weighted by Gasteiger charge is 2.26. The molecule has 5 heteroatoms. The highest BCUT2D eigenvalue weighted by Crippen LogP contribution is 2.32. The maximum atomic E-state index is 10.2. The highest BCUT2D eigenvalue weighted by molar-refractivity contribution is 6.11. The van der Waals surface area contributed by atoms with Crippen molar-refractivity contribution < 1.29 is 5.11 Å². The molecule has 2 N–H and O–H groups in total. The number of β-amino-alcohol motifs (C(OH)–C–C–N with tert-alkyl or cyclic N) is 1. The van der Waals surface area contributed by atoms with E-state index in [9.17, 15) is 5.11 Å². The summed E-state index contributed by atoms with van der Waals surface area (Å²) in [5.41, 5.74) is 1.93. The van der Waals surface area contributed by atoms with Gasteiger partial charge in [-0.3, -0.25) is 0 Å². The van der Waals surface area contributed by atoms with Crippen molar-refractivity contribution in [3.63, 3.8) is 0 Å². The number of aliphatic hydroxyl groups is 1. The molecule has 1 fully saturated rings. The molecular formula is C16H18N4O. The summed E-state index contributed by atoms with van der Waals surface area (Å²) >= 11 is 0. The van der Waals surface area contributed by atoms with Gasteiger partial charge >= 0.3 is 0 Å². The smallest absolute Gasteiger partial charge is 0.143 e. The minimum absolute atomic E-state index is 0.297. The Morgan fingerprint density at radius 1 is 1.29 bits per heavy atom. The molecule has 108 valence electrons. The van der Waals surface area contributed by atoms with E-state index in [0.29, 0.717) is 12.5 Å². The Morgan fingerprint density at radius 3 is 3.00 bits per heavy atom. The number of hydrogen-bond donors (Lipinski definition) is 2. The monoisotopic (exact) mass is 282 g/mol. The molecule has 0 bridgehead atoms. The van der Waals surface area contributed by atoms with E-state index in [-0.39, 0.29) is 6.10 Å². The molecule has 1 saturated heterocycles. The predicted molar refractivity (Wildman–Crippen MR) is 83.4 cm³/mol. The number of anilines is 1. The van der Waals surface area contributed by atoms with E-state index in [4.69, 9.17) is 0 Å². The molecule has 1 aromatic carbocycles. The number of benzene rings is 1. The van der Waals surface area contributed by atoms with Crippen LogP contribution in [0.15, 0.2) is 30.6 Å². The summed E-state index contributed by atoms with van der Waals surface area (Å²) in [6, 6.07) is 8.18. The first kappa shape index (κ1) is 12.6. The molecule has 2 aromatic heterocycles. The van der Waals surface area contributed by atoms with Gasteiger partial charge in [0, 0.05) is 24.0 Å². The zero-order valence-corrected chi connectivity index (χ0v) is 12.0. The number of aromatic nitrogens is 3. The fraction of sp³-hybridized carbons (Fsp3) is 0.375. The molecule has 1 aliphatic rings. The molecule has 2 atom stereocenters. The predicted octanol–water partition coefficient (Wildman–Crippen LogP) is 2.32. The standard InChI is InChI=1S/C16H18N4O/c1-10-6-7-20(8-13(10)21)16-14-11-4-2-3-5-12(11)19-15(14)17-9-18-16/h2-5,9-10,13,21H,6-8H2,1H3,(H,17,18,19). The lowest BCUT2D eigenvalue weighted by atomic mass is 9.96. The van der Waals surface area contributed by atoms with E-state index in [2.05, 4.69) is 32.8 Å². The summed E-state index contributed by atoms with van der Waals surface area (Å²) in [5.74, 6) is 1.27. The molecule has 1 aliphatic heterocycles. The summed E-state index contributed by atoms with van der Waals surface area (Å²) in [7, 11) is 0. The first-order valence-electron chi connectivity index (χ1n) is 7.38. The van der Waals surface area contributed by atoms with Crippen molar-refractivity contribution >= 4 is 27.8 Å². The van der Waals surface area contributed by atoms with E-state index >= 15 is 0 Å². The van der Waals surface area contributed by atoms with Crippen LogP contribution in [0.3, 0.4) is 0 Å². The topological polar surface area (TPSA) is 65.0 Å². The molecule has 5 nitrogen and oxygen atoms in total. The lowest BCUT2D eigenvalue weighted by Gasteiger charge is -2.35. The number of piperidine rings is 1. The number of aliphatic hydroxyl groups excluding tert-OH is 1. The molecule has 21 heavy (non-hydrogen) atoms. The maximum Gasteiger partial charge on any atom is 0.143 e. The minimum Gasteiger partial charge on any atom is -0.391 e. The van der Waals surface area contributed by atoms with Crippen LogP contribution in [0.25, 0.3) is 21.9 Å². The fourth-order valence-electron chi connectivity index (χ4n) is 3.14. The molecule has 0 aliphatic carbocycles. The van der Waals surface area contributed by atoms with Crippen molar-refractivity contribution in [3.8, 4) is 0 Å². The molecule has 0 saturated carbocycles. The number of para-hydroxylation sites is 1. The number of rotatable bonds is 1. The largest absolute Gasteiger partial charge is 0.391 e. The minimum atomic E-state index is -0.297. The van der Waals surface area contributed by atoms with Gasteiger partial charge in [0.2, 0.25) is 0 Å². The molecule has 3 heterocycles. The third kappa shape index (κ3) is 1.96. The van der Waals surface area contributed by atoms with E-state index in [1.165, 1.54) is 0 Å². The Morgan fingerprint density at radius 2 is 2.14 bits per heavy atom. The average Bonchev–Trinajstić information content (AvgIpc) is 2.88. The molecular weight excluding hydrogens is 264 g/mol. The fourth-order valence-corrected chi connectivity index (χ4v) is 3.14. The lowest BCUT2D eigenvalue weighted by Crippen LogP contribution is -2.43. The SMILES string of the molecule is CC1CCN(c2ncnc3[nH]c4ccccc4c23)CC1O. The van der Waals surface area contributed by atoms with Crippen molar-refractivity contribution in [2.45, 2.75) is 19.4 Å². The van der Waals surface area contributed by atoms with Crippen molar-refractivity contribution in [3.05, 3.63) is 30.6 Å². The summed E-state index contributed by atoms with van der Waals surface area (Å²) in [6.07, 6.45) is 2.28. The van der Waals surface area contributed by atoms with Gasteiger partial charge in [-0.05, 0) is 18.4 Å². The van der Waals surface area contributed by atoms with Crippen molar-refractivity contribution in [2.75, 3.05) is 18.0 Å². The second kappa shape index (κ2) is 4.70. The van der Waals surface area contributed by atoms with Gasteiger partial charge in [-0.15, -0.1) is 0 Å². The van der Waals surface area contributed by atoms with Gasteiger partial charge in [0.25, 0.3) is 0 Å². The van der Waals surface area contributed by atoms with Crippen LogP contribution in [0, 0.1) is 5.92 Å². The van der Waals surface area contributed by atoms with Gasteiger partial charge in [-0.1, -0.05) is 25.1 Å². The van der Waals surface area contributed by atoms with Crippen LogP contribution in [-0.4, -0.2) is 39.3 Å².